The van der Waals surface area contributed by atoms with E-state index in [0.29, 0.717) is 11.8 Å². The van der Waals surface area contributed by atoms with Crippen LogP contribution in [0.3, 0.4) is 0 Å². The molecule has 122 valence electrons. The van der Waals surface area contributed by atoms with Gasteiger partial charge in [-0.15, -0.1) is 0 Å². The Morgan fingerprint density at radius 2 is 1.81 bits per heavy atom. The second-order valence-corrected chi connectivity index (χ2v) is 6.68. The second kappa shape index (κ2) is 8.25. The molecule has 2 N–H and O–H groups in total. The van der Waals surface area contributed by atoms with Crippen LogP contribution in [0.15, 0.2) is 0 Å². The molecule has 0 aromatic carbocycles. The van der Waals surface area contributed by atoms with Crippen LogP contribution < -0.4 is 5.32 Å². The molecule has 1 aliphatic carbocycles. The third-order valence-electron chi connectivity index (χ3n) is 4.44. The second-order valence-electron chi connectivity index (χ2n) is 6.68. The van der Waals surface area contributed by atoms with Crippen LogP contribution in [0.25, 0.3) is 0 Å². The van der Waals surface area contributed by atoms with E-state index in [2.05, 4.69) is 19.2 Å². The number of aliphatic carboxylic acids is 1. The summed E-state index contributed by atoms with van der Waals surface area (Å²) in [5.74, 6) is 0.212. The van der Waals surface area contributed by atoms with Gasteiger partial charge < -0.3 is 15.3 Å². The van der Waals surface area contributed by atoms with Gasteiger partial charge in [0, 0.05) is 18.6 Å². The van der Waals surface area contributed by atoms with Gasteiger partial charge in [-0.2, -0.15) is 0 Å². The molecule has 1 aliphatic rings. The number of nitrogens with one attached hydrogen (secondary N) is 1. The first-order valence-electron chi connectivity index (χ1n) is 8.11. The number of carboxylic acids is 1. The van der Waals surface area contributed by atoms with E-state index in [1.165, 1.54) is 12.8 Å². The molecular formula is C16H30N2O3. The first-order valence-corrected chi connectivity index (χ1v) is 8.11. The number of carboxylic acid groups (broad SMARTS) is 1. The van der Waals surface area contributed by atoms with Crippen molar-refractivity contribution in [2.45, 2.75) is 71.9 Å². The fraction of sp³-hybridized carbons (Fsp3) is 0.875. The van der Waals surface area contributed by atoms with Crippen molar-refractivity contribution in [2.75, 3.05) is 6.54 Å². The van der Waals surface area contributed by atoms with E-state index in [9.17, 15) is 9.59 Å². The summed E-state index contributed by atoms with van der Waals surface area (Å²) >= 11 is 0. The van der Waals surface area contributed by atoms with Gasteiger partial charge in [-0.3, -0.25) is 4.79 Å². The van der Waals surface area contributed by atoms with Gasteiger partial charge in [0.1, 0.15) is 0 Å². The summed E-state index contributed by atoms with van der Waals surface area (Å²) in [7, 11) is 0. The summed E-state index contributed by atoms with van der Waals surface area (Å²) in [6.45, 7) is 8.52. The molecule has 0 bridgehead atoms. The van der Waals surface area contributed by atoms with E-state index in [-0.39, 0.29) is 31.1 Å². The minimum atomic E-state index is -0.869. The van der Waals surface area contributed by atoms with Gasteiger partial charge in [0.15, 0.2) is 0 Å². The summed E-state index contributed by atoms with van der Waals surface area (Å²) in [6, 6.07) is 0.103. The normalized spacial score (nSPS) is 22.4. The number of carbonyl (C=O) groups excluding carboxylic acids is 1. The lowest BCUT2D eigenvalue weighted by molar-refractivity contribution is -0.137. The zero-order valence-corrected chi connectivity index (χ0v) is 13.8. The number of urea groups is 1. The Morgan fingerprint density at radius 3 is 2.33 bits per heavy atom. The smallest absolute Gasteiger partial charge is 0.317 e. The molecule has 5 nitrogen and oxygen atoms in total. The van der Waals surface area contributed by atoms with Crippen molar-refractivity contribution < 1.29 is 14.7 Å². The average molecular weight is 298 g/mol. The van der Waals surface area contributed by atoms with Crippen LogP contribution in [0, 0.1) is 11.8 Å². The largest absolute Gasteiger partial charge is 0.481 e. The molecule has 2 atom stereocenters. The summed E-state index contributed by atoms with van der Waals surface area (Å²) in [4.78, 5) is 24.8. The van der Waals surface area contributed by atoms with Crippen molar-refractivity contribution in [1.82, 2.24) is 10.2 Å². The third kappa shape index (κ3) is 5.56. The lowest BCUT2D eigenvalue weighted by atomic mass is 9.78. The van der Waals surface area contributed by atoms with E-state index in [4.69, 9.17) is 5.11 Å². The number of rotatable bonds is 6. The Hall–Kier alpha value is -1.26. The molecule has 21 heavy (non-hydrogen) atoms. The fourth-order valence-corrected chi connectivity index (χ4v) is 3.19. The Labute approximate surface area is 128 Å². The molecule has 1 fully saturated rings. The van der Waals surface area contributed by atoms with Crippen LogP contribution >= 0.6 is 0 Å². The Bertz CT molecular complexity index is 355. The van der Waals surface area contributed by atoms with E-state index in [0.717, 1.165) is 12.8 Å². The van der Waals surface area contributed by atoms with Crippen LogP contribution in [0.1, 0.15) is 59.8 Å². The van der Waals surface area contributed by atoms with Crippen LogP contribution in [0.4, 0.5) is 4.79 Å². The first-order chi connectivity index (χ1) is 9.82. The number of hydrogen-bond donors (Lipinski definition) is 2. The highest BCUT2D eigenvalue weighted by Crippen LogP contribution is 2.30. The van der Waals surface area contributed by atoms with Gasteiger partial charge in [-0.05, 0) is 38.5 Å². The van der Waals surface area contributed by atoms with Crippen molar-refractivity contribution in [2.24, 2.45) is 11.8 Å². The molecule has 0 heterocycles. The van der Waals surface area contributed by atoms with E-state index in [1.807, 2.05) is 13.8 Å². The van der Waals surface area contributed by atoms with Gasteiger partial charge in [0.2, 0.25) is 0 Å². The molecule has 1 saturated carbocycles. The zero-order chi connectivity index (χ0) is 16.0. The Balaban J connectivity index is 2.64. The Kier molecular flexibility index (Phi) is 6.99. The quantitative estimate of drug-likeness (QED) is 0.791. The molecule has 0 saturated heterocycles. The molecular weight excluding hydrogens is 268 g/mol. The van der Waals surface area contributed by atoms with Crippen molar-refractivity contribution in [3.05, 3.63) is 0 Å². The van der Waals surface area contributed by atoms with Crippen LogP contribution in [0.2, 0.25) is 0 Å². The maximum atomic E-state index is 12.5. The van der Waals surface area contributed by atoms with Crippen LogP contribution in [-0.4, -0.2) is 40.6 Å². The number of nitrogens with zero attached hydrogens (tertiary/aromatic N) is 1. The predicted molar refractivity (Wildman–Crippen MR) is 83.2 cm³/mol. The summed E-state index contributed by atoms with van der Waals surface area (Å²) in [5.41, 5.74) is 0. The van der Waals surface area contributed by atoms with Crippen molar-refractivity contribution in [1.29, 1.82) is 0 Å². The standard InChI is InChI=1S/C16H30N2O3/c1-11(2)13-7-5-6-8-14(13)17-16(21)18(12(3)4)10-9-15(19)20/h11-14H,5-10H2,1-4H3,(H,17,21)(H,19,20). The van der Waals surface area contributed by atoms with Crippen LogP contribution in [0.5, 0.6) is 0 Å². The highest BCUT2D eigenvalue weighted by molar-refractivity contribution is 5.76. The Morgan fingerprint density at radius 1 is 1.19 bits per heavy atom. The first kappa shape index (κ1) is 17.8. The number of amides is 2. The molecule has 0 aromatic rings. The van der Waals surface area contributed by atoms with Crippen LogP contribution in [-0.2, 0) is 4.79 Å². The minimum absolute atomic E-state index is 0.00504. The molecule has 2 unspecified atom stereocenters. The zero-order valence-electron chi connectivity index (χ0n) is 13.8. The molecule has 0 aliphatic heterocycles. The molecule has 0 spiro atoms. The van der Waals surface area contributed by atoms with Gasteiger partial charge in [0.25, 0.3) is 0 Å². The lowest BCUT2D eigenvalue weighted by Gasteiger charge is -2.37. The summed E-state index contributed by atoms with van der Waals surface area (Å²) in [5, 5.41) is 12.0. The maximum absolute atomic E-state index is 12.5. The SMILES string of the molecule is CC(C)C1CCCCC1NC(=O)N(CCC(=O)O)C(C)C. The molecule has 2 amide bonds. The number of carbonyl (C=O) groups is 2. The van der Waals surface area contributed by atoms with Crippen molar-refractivity contribution >= 4 is 12.0 Å². The summed E-state index contributed by atoms with van der Waals surface area (Å²) < 4.78 is 0. The fourth-order valence-electron chi connectivity index (χ4n) is 3.19. The summed E-state index contributed by atoms with van der Waals surface area (Å²) in [6.07, 6.45) is 4.58. The minimum Gasteiger partial charge on any atom is -0.481 e. The highest BCUT2D eigenvalue weighted by atomic mass is 16.4. The molecule has 0 aromatic heterocycles. The topological polar surface area (TPSA) is 69.6 Å². The lowest BCUT2D eigenvalue weighted by Crippen LogP contribution is -2.51. The van der Waals surface area contributed by atoms with E-state index in [1.54, 1.807) is 4.90 Å². The maximum Gasteiger partial charge on any atom is 0.317 e. The van der Waals surface area contributed by atoms with Gasteiger partial charge in [0.05, 0.1) is 6.42 Å². The van der Waals surface area contributed by atoms with E-state index >= 15 is 0 Å². The van der Waals surface area contributed by atoms with Gasteiger partial charge in [-0.1, -0.05) is 26.7 Å². The average Bonchev–Trinajstić information content (AvgIpc) is 2.38. The molecule has 1 rings (SSSR count). The van der Waals surface area contributed by atoms with E-state index < -0.39 is 5.97 Å². The molecule has 0 radical (unpaired) electrons. The third-order valence-corrected chi connectivity index (χ3v) is 4.44. The molecule has 5 heteroatoms. The number of hydrogen-bond acceptors (Lipinski definition) is 2. The van der Waals surface area contributed by atoms with Crippen molar-refractivity contribution in [3.63, 3.8) is 0 Å². The van der Waals surface area contributed by atoms with Crippen molar-refractivity contribution in [3.8, 4) is 0 Å². The van der Waals surface area contributed by atoms with Gasteiger partial charge in [-0.25, -0.2) is 4.79 Å². The highest BCUT2D eigenvalue weighted by Gasteiger charge is 2.30. The predicted octanol–water partition coefficient (Wildman–Crippen LogP) is 3.10. The monoisotopic (exact) mass is 298 g/mol. The van der Waals surface area contributed by atoms with Gasteiger partial charge >= 0.3 is 12.0 Å².